The van der Waals surface area contributed by atoms with Crippen molar-refractivity contribution in [2.24, 2.45) is 0 Å². The molecule has 0 aliphatic heterocycles. The Balaban J connectivity index is 1.77. The summed E-state index contributed by atoms with van der Waals surface area (Å²) in [7, 11) is 0. The molecule has 3 rings (SSSR count). The Morgan fingerprint density at radius 3 is 2.72 bits per heavy atom. The molecule has 128 valence electrons. The largest absolute Gasteiger partial charge is 0.348 e. The summed E-state index contributed by atoms with van der Waals surface area (Å²) in [5, 5.41) is 8.13. The van der Waals surface area contributed by atoms with Gasteiger partial charge in [-0.05, 0) is 37.1 Å². The molecule has 0 saturated heterocycles. The van der Waals surface area contributed by atoms with E-state index in [1.54, 1.807) is 12.4 Å². The number of aryl methyl sites for hydroxylation is 1. The highest BCUT2D eigenvalue weighted by molar-refractivity contribution is 6.31. The number of pyridine rings is 1. The molecular formula is C19H19ClN4O. The Kier molecular flexibility index (Phi) is 5.14. The summed E-state index contributed by atoms with van der Waals surface area (Å²) in [6.07, 6.45) is 3.44. The number of amides is 1. The van der Waals surface area contributed by atoms with Crippen LogP contribution in [-0.4, -0.2) is 20.7 Å². The third-order valence-corrected chi connectivity index (χ3v) is 4.43. The highest BCUT2D eigenvalue weighted by atomic mass is 35.5. The summed E-state index contributed by atoms with van der Waals surface area (Å²) in [5.74, 6) is -0.135. The van der Waals surface area contributed by atoms with E-state index in [4.69, 9.17) is 11.6 Å². The Morgan fingerprint density at radius 1 is 1.20 bits per heavy atom. The molecule has 0 radical (unpaired) electrons. The van der Waals surface area contributed by atoms with E-state index in [0.29, 0.717) is 29.4 Å². The fraction of sp³-hybridized carbons (Fsp3) is 0.211. The second-order valence-electron chi connectivity index (χ2n) is 5.84. The molecule has 0 aliphatic carbocycles. The van der Waals surface area contributed by atoms with E-state index in [-0.39, 0.29) is 5.91 Å². The van der Waals surface area contributed by atoms with Crippen molar-refractivity contribution in [3.05, 3.63) is 81.9 Å². The Morgan fingerprint density at radius 2 is 2.00 bits per heavy atom. The van der Waals surface area contributed by atoms with E-state index in [1.807, 2.05) is 54.9 Å². The maximum Gasteiger partial charge on any atom is 0.255 e. The van der Waals surface area contributed by atoms with Crippen molar-refractivity contribution in [2.45, 2.75) is 26.9 Å². The number of halogens is 1. The number of hydrogen-bond donors (Lipinski definition) is 1. The fourth-order valence-corrected chi connectivity index (χ4v) is 2.94. The smallest absolute Gasteiger partial charge is 0.255 e. The van der Waals surface area contributed by atoms with Gasteiger partial charge in [0.2, 0.25) is 0 Å². The number of nitrogens with one attached hydrogen (secondary N) is 1. The van der Waals surface area contributed by atoms with Gasteiger partial charge in [0.25, 0.3) is 5.91 Å². The maximum absolute atomic E-state index is 12.6. The van der Waals surface area contributed by atoms with Crippen LogP contribution in [0, 0.1) is 13.8 Å². The molecular weight excluding hydrogens is 336 g/mol. The second-order valence-corrected chi connectivity index (χ2v) is 6.25. The summed E-state index contributed by atoms with van der Waals surface area (Å²) in [6.45, 7) is 4.70. The van der Waals surface area contributed by atoms with Crippen LogP contribution in [0.25, 0.3) is 0 Å². The van der Waals surface area contributed by atoms with Crippen LogP contribution in [0.1, 0.15) is 32.9 Å². The van der Waals surface area contributed by atoms with Gasteiger partial charge in [0, 0.05) is 29.7 Å². The third-order valence-electron chi connectivity index (χ3n) is 4.06. The Labute approximate surface area is 151 Å². The first-order chi connectivity index (χ1) is 12.1. The van der Waals surface area contributed by atoms with E-state index in [2.05, 4.69) is 15.4 Å². The minimum absolute atomic E-state index is 0.135. The van der Waals surface area contributed by atoms with Gasteiger partial charge in [-0.3, -0.25) is 14.5 Å². The zero-order chi connectivity index (χ0) is 17.8. The molecule has 0 atom stereocenters. The van der Waals surface area contributed by atoms with Gasteiger partial charge in [-0.15, -0.1) is 0 Å². The molecule has 0 saturated carbocycles. The minimum atomic E-state index is -0.135. The van der Waals surface area contributed by atoms with Gasteiger partial charge < -0.3 is 5.32 Å². The predicted octanol–water partition coefficient (Wildman–Crippen LogP) is 3.53. The van der Waals surface area contributed by atoms with Crippen molar-refractivity contribution in [1.82, 2.24) is 20.1 Å². The summed E-state index contributed by atoms with van der Waals surface area (Å²) in [6, 6.07) is 11.4. The predicted molar refractivity (Wildman–Crippen MR) is 97.7 cm³/mol. The lowest BCUT2D eigenvalue weighted by Crippen LogP contribution is -2.24. The van der Waals surface area contributed by atoms with Gasteiger partial charge in [0.1, 0.15) is 0 Å². The summed E-state index contributed by atoms with van der Waals surface area (Å²) in [4.78, 5) is 16.6. The molecule has 0 unspecified atom stereocenters. The van der Waals surface area contributed by atoms with Crippen LogP contribution >= 0.6 is 11.6 Å². The molecule has 0 fully saturated rings. The monoisotopic (exact) mass is 354 g/mol. The van der Waals surface area contributed by atoms with Crippen LogP contribution < -0.4 is 5.32 Å². The molecule has 5 nitrogen and oxygen atoms in total. The molecule has 6 heteroatoms. The molecule has 0 aliphatic rings. The van der Waals surface area contributed by atoms with Crippen LogP contribution in [-0.2, 0) is 13.1 Å². The highest BCUT2D eigenvalue weighted by Crippen LogP contribution is 2.19. The van der Waals surface area contributed by atoms with E-state index < -0.39 is 0 Å². The van der Waals surface area contributed by atoms with Crippen LogP contribution in [0.5, 0.6) is 0 Å². The molecule has 3 aromatic rings. The van der Waals surface area contributed by atoms with Crippen molar-refractivity contribution in [2.75, 3.05) is 0 Å². The third kappa shape index (κ3) is 3.88. The van der Waals surface area contributed by atoms with Crippen molar-refractivity contribution < 1.29 is 4.79 Å². The van der Waals surface area contributed by atoms with Crippen molar-refractivity contribution in [3.8, 4) is 0 Å². The number of hydrogen-bond acceptors (Lipinski definition) is 3. The normalized spacial score (nSPS) is 10.7. The van der Waals surface area contributed by atoms with Crippen molar-refractivity contribution >= 4 is 17.5 Å². The zero-order valence-corrected chi connectivity index (χ0v) is 14.9. The number of carbonyl (C=O) groups is 1. The second kappa shape index (κ2) is 7.49. The molecule has 1 N–H and O–H groups in total. The first-order valence-electron chi connectivity index (χ1n) is 8.00. The molecule has 1 aromatic carbocycles. The number of nitrogens with zero attached hydrogens (tertiary/aromatic N) is 3. The summed E-state index contributed by atoms with van der Waals surface area (Å²) in [5.41, 5.74) is 4.05. The number of aromatic nitrogens is 3. The summed E-state index contributed by atoms with van der Waals surface area (Å²) < 4.78 is 1.82. The Hall–Kier alpha value is -2.66. The van der Waals surface area contributed by atoms with Crippen LogP contribution in [0.15, 0.2) is 48.8 Å². The van der Waals surface area contributed by atoms with Gasteiger partial charge in [-0.2, -0.15) is 5.10 Å². The first kappa shape index (κ1) is 17.2. The van der Waals surface area contributed by atoms with Crippen LogP contribution in [0.2, 0.25) is 5.02 Å². The number of rotatable bonds is 5. The molecule has 0 bridgehead atoms. The van der Waals surface area contributed by atoms with Gasteiger partial charge in [0.05, 0.1) is 17.8 Å². The molecule has 1 amide bonds. The lowest BCUT2D eigenvalue weighted by atomic mass is 10.1. The Bertz CT molecular complexity index is 890. The van der Waals surface area contributed by atoms with Crippen molar-refractivity contribution in [3.63, 3.8) is 0 Å². The SMILES string of the molecule is Cc1nn(Cc2ccccc2Cl)c(C)c1C(=O)NCc1cccnc1. The maximum atomic E-state index is 12.6. The lowest BCUT2D eigenvalue weighted by molar-refractivity contribution is 0.0949. The highest BCUT2D eigenvalue weighted by Gasteiger charge is 2.19. The minimum Gasteiger partial charge on any atom is -0.348 e. The molecule has 0 spiro atoms. The molecule has 2 aromatic heterocycles. The molecule has 2 heterocycles. The van der Waals surface area contributed by atoms with Crippen molar-refractivity contribution in [1.29, 1.82) is 0 Å². The van der Waals surface area contributed by atoms with Crippen LogP contribution in [0.4, 0.5) is 0 Å². The fourth-order valence-electron chi connectivity index (χ4n) is 2.74. The van der Waals surface area contributed by atoms with Crippen LogP contribution in [0.3, 0.4) is 0 Å². The first-order valence-corrected chi connectivity index (χ1v) is 8.38. The number of carbonyl (C=O) groups excluding carboxylic acids is 1. The van der Waals surface area contributed by atoms with Gasteiger partial charge >= 0.3 is 0 Å². The van der Waals surface area contributed by atoms with Gasteiger partial charge in [-0.1, -0.05) is 35.9 Å². The van der Waals surface area contributed by atoms with E-state index in [9.17, 15) is 4.79 Å². The average molecular weight is 355 g/mol. The zero-order valence-electron chi connectivity index (χ0n) is 14.2. The average Bonchev–Trinajstić information content (AvgIpc) is 2.89. The lowest BCUT2D eigenvalue weighted by Gasteiger charge is -2.08. The standard InChI is InChI=1S/C19H19ClN4O/c1-13-18(19(25)22-11-15-6-5-9-21-10-15)14(2)24(23-13)12-16-7-3-4-8-17(16)20/h3-10H,11-12H2,1-2H3,(H,22,25). The van der Waals surface area contributed by atoms with Gasteiger partial charge in [0.15, 0.2) is 0 Å². The van der Waals surface area contributed by atoms with E-state index in [0.717, 1.165) is 16.8 Å². The van der Waals surface area contributed by atoms with E-state index in [1.165, 1.54) is 0 Å². The summed E-state index contributed by atoms with van der Waals surface area (Å²) >= 11 is 6.23. The quantitative estimate of drug-likeness (QED) is 0.762. The molecule has 25 heavy (non-hydrogen) atoms. The topological polar surface area (TPSA) is 59.8 Å². The van der Waals surface area contributed by atoms with E-state index >= 15 is 0 Å². The van der Waals surface area contributed by atoms with Gasteiger partial charge in [-0.25, -0.2) is 0 Å². The number of benzene rings is 1.